The number of amides is 2. The Bertz CT molecular complexity index is 398. The van der Waals surface area contributed by atoms with Gasteiger partial charge in [0, 0.05) is 6.54 Å². The maximum atomic E-state index is 12.3. The first kappa shape index (κ1) is 17.6. The van der Waals surface area contributed by atoms with Gasteiger partial charge in [0.25, 0.3) is 0 Å². The van der Waals surface area contributed by atoms with Crippen LogP contribution < -0.4 is 0 Å². The lowest BCUT2D eigenvalue weighted by Gasteiger charge is -2.46. The number of unbranched alkanes of at least 4 members (excludes halogenated alkanes) is 4. The van der Waals surface area contributed by atoms with Crippen LogP contribution in [0, 0.1) is 5.41 Å². The first-order valence-corrected chi connectivity index (χ1v) is 8.04. The van der Waals surface area contributed by atoms with E-state index in [0.29, 0.717) is 25.9 Å². The van der Waals surface area contributed by atoms with Crippen molar-refractivity contribution in [2.24, 2.45) is 10.4 Å². The van der Waals surface area contributed by atoms with Crippen LogP contribution in [-0.4, -0.2) is 35.9 Å². The van der Waals surface area contributed by atoms with Gasteiger partial charge in [0.1, 0.15) is 5.41 Å². The molecule has 2 amide bonds. The van der Waals surface area contributed by atoms with Crippen molar-refractivity contribution in [3.05, 3.63) is 0 Å². The summed E-state index contributed by atoms with van der Waals surface area (Å²) in [6, 6.07) is 0. The van der Waals surface area contributed by atoms with Crippen LogP contribution in [0.5, 0.6) is 0 Å². The summed E-state index contributed by atoms with van der Waals surface area (Å²) in [6.07, 6.45) is 8.34. The van der Waals surface area contributed by atoms with E-state index in [1.54, 1.807) is 0 Å². The average molecular weight is 294 g/mol. The van der Waals surface area contributed by atoms with E-state index in [2.05, 4.69) is 11.9 Å². The minimum atomic E-state index is -0.714. The van der Waals surface area contributed by atoms with Crippen LogP contribution >= 0.6 is 0 Å². The molecule has 5 nitrogen and oxygen atoms in total. The summed E-state index contributed by atoms with van der Waals surface area (Å²) in [5.41, 5.74) is -0.714. The zero-order chi connectivity index (χ0) is 15.7. The van der Waals surface area contributed by atoms with Crippen LogP contribution in [0.1, 0.15) is 65.2 Å². The van der Waals surface area contributed by atoms with E-state index in [9.17, 15) is 14.4 Å². The summed E-state index contributed by atoms with van der Waals surface area (Å²) in [4.78, 5) is 39.4. The fourth-order valence-electron chi connectivity index (χ4n) is 2.88. The van der Waals surface area contributed by atoms with Gasteiger partial charge in [-0.25, -0.2) is 9.79 Å². The molecule has 1 rings (SSSR count). The second-order valence-corrected chi connectivity index (χ2v) is 5.69. The molecular weight excluding hydrogens is 268 g/mol. The van der Waals surface area contributed by atoms with E-state index in [0.717, 1.165) is 38.5 Å². The van der Waals surface area contributed by atoms with Crippen LogP contribution in [-0.2, 0) is 14.4 Å². The van der Waals surface area contributed by atoms with Crippen molar-refractivity contribution in [3.63, 3.8) is 0 Å². The standard InChI is InChI=1S/C16H26N2O3/c1-3-5-10-16(4-2)14(20)18(15(16)21)12-9-7-6-8-11-17-13-19/h3-12H2,1-2H3. The van der Waals surface area contributed by atoms with Crippen molar-refractivity contribution in [1.29, 1.82) is 0 Å². The molecule has 0 aromatic carbocycles. The molecule has 0 aromatic heterocycles. The van der Waals surface area contributed by atoms with Crippen molar-refractivity contribution in [2.75, 3.05) is 13.1 Å². The third-order valence-electron chi connectivity index (χ3n) is 4.34. The van der Waals surface area contributed by atoms with E-state index in [4.69, 9.17) is 0 Å². The van der Waals surface area contributed by atoms with Gasteiger partial charge in [-0.05, 0) is 25.7 Å². The van der Waals surface area contributed by atoms with Crippen molar-refractivity contribution < 1.29 is 14.4 Å². The van der Waals surface area contributed by atoms with Gasteiger partial charge in [-0.2, -0.15) is 0 Å². The highest BCUT2D eigenvalue weighted by Gasteiger charge is 2.58. The Morgan fingerprint density at radius 3 is 2.29 bits per heavy atom. The second-order valence-electron chi connectivity index (χ2n) is 5.69. The van der Waals surface area contributed by atoms with Crippen LogP contribution in [0.25, 0.3) is 0 Å². The molecule has 1 heterocycles. The Morgan fingerprint density at radius 2 is 1.71 bits per heavy atom. The quantitative estimate of drug-likeness (QED) is 0.193. The van der Waals surface area contributed by atoms with E-state index in [-0.39, 0.29) is 11.8 Å². The van der Waals surface area contributed by atoms with Crippen molar-refractivity contribution in [1.82, 2.24) is 4.90 Å². The molecule has 5 heteroatoms. The number of carbonyl (C=O) groups is 2. The van der Waals surface area contributed by atoms with Crippen LogP contribution in [0.2, 0.25) is 0 Å². The molecule has 21 heavy (non-hydrogen) atoms. The van der Waals surface area contributed by atoms with Crippen LogP contribution in [0.3, 0.4) is 0 Å². The number of isocyanates is 1. The number of rotatable bonds is 11. The first-order valence-electron chi connectivity index (χ1n) is 8.04. The Morgan fingerprint density at radius 1 is 1.05 bits per heavy atom. The molecule has 0 bridgehead atoms. The van der Waals surface area contributed by atoms with E-state index in [1.807, 2.05) is 6.92 Å². The lowest BCUT2D eigenvalue weighted by atomic mass is 9.71. The third kappa shape index (κ3) is 4.01. The molecule has 1 saturated heterocycles. The molecule has 0 N–H and O–H groups in total. The monoisotopic (exact) mass is 294 g/mol. The minimum Gasteiger partial charge on any atom is -0.281 e. The molecule has 0 aliphatic carbocycles. The number of likely N-dealkylation sites (tertiary alicyclic amines) is 1. The highest BCUT2D eigenvalue weighted by molar-refractivity contribution is 6.21. The normalized spacial score (nSPS) is 16.6. The fraction of sp³-hybridized carbons (Fsp3) is 0.812. The molecule has 0 saturated carbocycles. The van der Waals surface area contributed by atoms with Gasteiger partial charge in [0.05, 0.1) is 6.54 Å². The number of hydrogen-bond acceptors (Lipinski definition) is 4. The maximum Gasteiger partial charge on any atom is 0.244 e. The summed E-state index contributed by atoms with van der Waals surface area (Å²) in [5, 5.41) is 0. The summed E-state index contributed by atoms with van der Waals surface area (Å²) >= 11 is 0. The van der Waals surface area contributed by atoms with Gasteiger partial charge < -0.3 is 0 Å². The molecular formula is C16H26N2O3. The molecule has 0 atom stereocenters. The van der Waals surface area contributed by atoms with E-state index >= 15 is 0 Å². The summed E-state index contributed by atoms with van der Waals surface area (Å²) in [7, 11) is 0. The topological polar surface area (TPSA) is 66.8 Å². The number of imide groups is 1. The maximum absolute atomic E-state index is 12.3. The number of aliphatic imine (C=N–C) groups is 1. The smallest absolute Gasteiger partial charge is 0.244 e. The van der Waals surface area contributed by atoms with Gasteiger partial charge in [-0.15, -0.1) is 0 Å². The molecule has 0 unspecified atom stereocenters. The predicted octanol–water partition coefficient (Wildman–Crippen LogP) is 2.84. The van der Waals surface area contributed by atoms with Gasteiger partial charge in [0.15, 0.2) is 0 Å². The van der Waals surface area contributed by atoms with Gasteiger partial charge in [0.2, 0.25) is 17.9 Å². The third-order valence-corrected chi connectivity index (χ3v) is 4.34. The van der Waals surface area contributed by atoms with Crippen molar-refractivity contribution in [2.45, 2.75) is 65.2 Å². The second kappa shape index (κ2) is 8.73. The molecule has 118 valence electrons. The Kier molecular flexibility index (Phi) is 7.30. The first-order chi connectivity index (χ1) is 10.1. The lowest BCUT2D eigenvalue weighted by molar-refractivity contribution is -0.178. The van der Waals surface area contributed by atoms with Crippen LogP contribution in [0.4, 0.5) is 0 Å². The summed E-state index contributed by atoms with van der Waals surface area (Å²) in [6.45, 7) is 5.04. The lowest BCUT2D eigenvalue weighted by Crippen LogP contribution is -2.65. The Hall–Kier alpha value is -1.48. The SMILES string of the molecule is CCCCC1(CC)C(=O)N(CCCCCCN=C=O)C1=O. The number of carbonyl (C=O) groups excluding carboxylic acids is 3. The molecule has 1 fully saturated rings. The van der Waals surface area contributed by atoms with E-state index < -0.39 is 5.41 Å². The molecule has 0 spiro atoms. The minimum absolute atomic E-state index is 0.0222. The number of nitrogens with zero attached hydrogens (tertiary/aromatic N) is 2. The van der Waals surface area contributed by atoms with Crippen LogP contribution in [0.15, 0.2) is 4.99 Å². The van der Waals surface area contributed by atoms with Gasteiger partial charge >= 0.3 is 0 Å². The Balaban J connectivity index is 2.30. The molecule has 0 aromatic rings. The van der Waals surface area contributed by atoms with E-state index in [1.165, 1.54) is 11.0 Å². The molecule has 1 aliphatic heterocycles. The Labute approximate surface area is 126 Å². The summed E-state index contributed by atoms with van der Waals surface area (Å²) in [5.74, 6) is 0.0445. The fourth-order valence-corrected chi connectivity index (χ4v) is 2.88. The van der Waals surface area contributed by atoms with Gasteiger partial charge in [-0.1, -0.05) is 39.5 Å². The number of hydrogen-bond donors (Lipinski definition) is 0. The van der Waals surface area contributed by atoms with Crippen molar-refractivity contribution in [3.8, 4) is 0 Å². The summed E-state index contributed by atoms with van der Waals surface area (Å²) < 4.78 is 0. The zero-order valence-corrected chi connectivity index (χ0v) is 13.2. The largest absolute Gasteiger partial charge is 0.281 e. The average Bonchev–Trinajstić information content (AvgIpc) is 2.50. The van der Waals surface area contributed by atoms with Crippen molar-refractivity contribution >= 4 is 17.9 Å². The highest BCUT2D eigenvalue weighted by Crippen LogP contribution is 2.41. The zero-order valence-electron chi connectivity index (χ0n) is 13.2. The molecule has 0 radical (unpaired) electrons. The van der Waals surface area contributed by atoms with Gasteiger partial charge in [-0.3, -0.25) is 14.5 Å². The predicted molar refractivity (Wildman–Crippen MR) is 80.4 cm³/mol. The molecule has 1 aliphatic rings. The number of β-lactam (4-membered cyclic amide) rings is 2. The highest BCUT2D eigenvalue weighted by atomic mass is 16.2.